The zero-order valence-corrected chi connectivity index (χ0v) is 10.0. The lowest BCUT2D eigenvalue weighted by molar-refractivity contribution is 0.0950. The van der Waals surface area contributed by atoms with E-state index in [1.807, 2.05) is 6.92 Å². The number of amides is 1. The van der Waals surface area contributed by atoms with E-state index in [0.29, 0.717) is 18.0 Å². The Morgan fingerprint density at radius 1 is 1.44 bits per heavy atom. The van der Waals surface area contributed by atoms with Crippen molar-refractivity contribution in [3.8, 4) is 5.75 Å². The molecule has 0 aliphatic carbocycles. The van der Waals surface area contributed by atoms with Crippen molar-refractivity contribution in [3.63, 3.8) is 0 Å². The number of unbranched alkanes of at least 4 members (excludes halogenated alkanes) is 1. The van der Waals surface area contributed by atoms with Gasteiger partial charge in [0, 0.05) is 12.4 Å². The van der Waals surface area contributed by atoms with E-state index in [9.17, 15) is 9.90 Å². The molecule has 0 aliphatic rings. The Bertz CT molecular complexity index is 366. The van der Waals surface area contributed by atoms with E-state index in [0.717, 1.165) is 18.4 Å². The lowest BCUT2D eigenvalue weighted by Crippen LogP contribution is -2.24. The van der Waals surface area contributed by atoms with Crippen LogP contribution in [-0.2, 0) is 0 Å². The number of carbonyl (C=O) groups is 1. The van der Waals surface area contributed by atoms with Gasteiger partial charge in [-0.2, -0.15) is 0 Å². The van der Waals surface area contributed by atoms with Crippen LogP contribution in [0.15, 0.2) is 18.2 Å². The van der Waals surface area contributed by atoms with Gasteiger partial charge in [0.2, 0.25) is 0 Å². The minimum absolute atomic E-state index is 0.0230. The number of phenolic OH excluding ortho intramolecular Hbond substituents is 1. The fourth-order valence-electron chi connectivity index (χ4n) is 1.35. The van der Waals surface area contributed by atoms with Crippen molar-refractivity contribution in [3.05, 3.63) is 29.3 Å². The van der Waals surface area contributed by atoms with Gasteiger partial charge in [0.05, 0.1) is 5.56 Å². The van der Waals surface area contributed by atoms with E-state index in [1.165, 1.54) is 0 Å². The van der Waals surface area contributed by atoms with Gasteiger partial charge in [-0.3, -0.25) is 4.79 Å². The Morgan fingerprint density at radius 2 is 2.19 bits per heavy atom. The van der Waals surface area contributed by atoms with Crippen molar-refractivity contribution in [1.29, 1.82) is 0 Å². The molecule has 1 aromatic carbocycles. The largest absolute Gasteiger partial charge is 0.507 e. The SMILES string of the molecule is Cc1ccc(C(=O)NCCCCCl)c(O)c1. The smallest absolute Gasteiger partial charge is 0.255 e. The monoisotopic (exact) mass is 241 g/mol. The molecule has 4 heteroatoms. The molecule has 1 amide bonds. The Balaban J connectivity index is 2.53. The number of hydrogen-bond donors (Lipinski definition) is 2. The maximum Gasteiger partial charge on any atom is 0.255 e. The van der Waals surface area contributed by atoms with Crippen LogP contribution in [0.3, 0.4) is 0 Å². The summed E-state index contributed by atoms with van der Waals surface area (Å²) in [5, 5.41) is 12.3. The number of halogens is 1. The summed E-state index contributed by atoms with van der Waals surface area (Å²) in [6.07, 6.45) is 1.73. The van der Waals surface area contributed by atoms with E-state index in [4.69, 9.17) is 11.6 Å². The van der Waals surface area contributed by atoms with Gasteiger partial charge in [-0.15, -0.1) is 11.6 Å². The summed E-state index contributed by atoms with van der Waals surface area (Å²) in [5.41, 5.74) is 1.24. The van der Waals surface area contributed by atoms with Crippen LogP contribution in [0.5, 0.6) is 5.75 Å². The lowest BCUT2D eigenvalue weighted by atomic mass is 10.1. The Hall–Kier alpha value is -1.22. The Morgan fingerprint density at radius 3 is 2.81 bits per heavy atom. The molecule has 0 radical (unpaired) electrons. The molecule has 0 heterocycles. The van der Waals surface area contributed by atoms with Crippen LogP contribution < -0.4 is 5.32 Å². The second kappa shape index (κ2) is 6.38. The molecule has 88 valence electrons. The molecule has 0 spiro atoms. The highest BCUT2D eigenvalue weighted by molar-refractivity contribution is 6.17. The Kier molecular flexibility index (Phi) is 5.12. The molecule has 0 bridgehead atoms. The van der Waals surface area contributed by atoms with Crippen LogP contribution in [-0.4, -0.2) is 23.4 Å². The van der Waals surface area contributed by atoms with Gasteiger partial charge in [-0.05, 0) is 37.5 Å². The summed E-state index contributed by atoms with van der Waals surface area (Å²) in [4.78, 5) is 11.6. The van der Waals surface area contributed by atoms with E-state index in [2.05, 4.69) is 5.32 Å². The minimum atomic E-state index is -0.243. The summed E-state index contributed by atoms with van der Waals surface area (Å²) >= 11 is 5.52. The molecule has 0 saturated heterocycles. The molecular formula is C12H16ClNO2. The maximum atomic E-state index is 11.6. The molecule has 0 aromatic heterocycles. The highest BCUT2D eigenvalue weighted by atomic mass is 35.5. The molecule has 0 unspecified atom stereocenters. The molecule has 3 nitrogen and oxygen atoms in total. The molecular weight excluding hydrogens is 226 g/mol. The summed E-state index contributed by atoms with van der Waals surface area (Å²) in [6, 6.07) is 5.00. The average Bonchev–Trinajstić information content (AvgIpc) is 2.24. The standard InChI is InChI=1S/C12H16ClNO2/c1-9-4-5-10(11(15)8-9)12(16)14-7-3-2-6-13/h4-5,8,15H,2-3,6-7H2,1H3,(H,14,16). The highest BCUT2D eigenvalue weighted by Gasteiger charge is 2.09. The first-order valence-corrected chi connectivity index (χ1v) is 5.82. The summed E-state index contributed by atoms with van der Waals surface area (Å²) in [7, 11) is 0. The van der Waals surface area contributed by atoms with Crippen molar-refractivity contribution in [1.82, 2.24) is 5.32 Å². The number of aromatic hydroxyl groups is 1. The molecule has 0 atom stereocenters. The number of aryl methyl sites for hydroxylation is 1. The van der Waals surface area contributed by atoms with Crippen molar-refractivity contribution in [2.45, 2.75) is 19.8 Å². The van der Waals surface area contributed by atoms with Gasteiger partial charge in [-0.25, -0.2) is 0 Å². The van der Waals surface area contributed by atoms with Crippen LogP contribution in [0.1, 0.15) is 28.8 Å². The number of nitrogens with one attached hydrogen (secondary N) is 1. The first-order valence-electron chi connectivity index (χ1n) is 5.29. The first-order chi connectivity index (χ1) is 7.65. The summed E-state index contributed by atoms with van der Waals surface area (Å²) in [6.45, 7) is 2.45. The van der Waals surface area contributed by atoms with E-state index in [1.54, 1.807) is 18.2 Å². The normalized spacial score (nSPS) is 10.1. The molecule has 2 N–H and O–H groups in total. The predicted molar refractivity (Wildman–Crippen MR) is 65.1 cm³/mol. The van der Waals surface area contributed by atoms with Gasteiger partial charge in [0.25, 0.3) is 5.91 Å². The fraction of sp³-hybridized carbons (Fsp3) is 0.417. The van der Waals surface area contributed by atoms with E-state index >= 15 is 0 Å². The van der Waals surface area contributed by atoms with Crippen LogP contribution in [0.2, 0.25) is 0 Å². The predicted octanol–water partition coefficient (Wildman–Crippen LogP) is 2.45. The van der Waals surface area contributed by atoms with Crippen LogP contribution in [0.25, 0.3) is 0 Å². The minimum Gasteiger partial charge on any atom is -0.507 e. The van der Waals surface area contributed by atoms with Crippen LogP contribution >= 0.6 is 11.6 Å². The van der Waals surface area contributed by atoms with Crippen molar-refractivity contribution < 1.29 is 9.90 Å². The molecule has 1 aromatic rings. The third kappa shape index (κ3) is 3.74. The topological polar surface area (TPSA) is 49.3 Å². The third-order valence-corrected chi connectivity index (χ3v) is 2.51. The number of hydrogen-bond acceptors (Lipinski definition) is 2. The Labute approximate surface area is 100 Å². The number of phenols is 1. The number of rotatable bonds is 5. The highest BCUT2D eigenvalue weighted by Crippen LogP contribution is 2.17. The lowest BCUT2D eigenvalue weighted by Gasteiger charge is -2.06. The van der Waals surface area contributed by atoms with Gasteiger partial charge in [0.15, 0.2) is 0 Å². The number of carbonyl (C=O) groups excluding carboxylic acids is 1. The maximum absolute atomic E-state index is 11.6. The third-order valence-electron chi connectivity index (χ3n) is 2.24. The fourth-order valence-corrected chi connectivity index (χ4v) is 1.54. The van der Waals surface area contributed by atoms with Crippen molar-refractivity contribution in [2.24, 2.45) is 0 Å². The first kappa shape index (κ1) is 12.8. The summed E-state index contributed by atoms with van der Waals surface area (Å²) < 4.78 is 0. The average molecular weight is 242 g/mol. The second-order valence-electron chi connectivity index (χ2n) is 3.67. The van der Waals surface area contributed by atoms with Gasteiger partial charge in [-0.1, -0.05) is 6.07 Å². The van der Waals surface area contributed by atoms with Gasteiger partial charge >= 0.3 is 0 Å². The van der Waals surface area contributed by atoms with Crippen molar-refractivity contribution >= 4 is 17.5 Å². The molecule has 0 aliphatic heterocycles. The molecule has 0 saturated carbocycles. The quantitative estimate of drug-likeness (QED) is 0.615. The molecule has 16 heavy (non-hydrogen) atoms. The van der Waals surface area contributed by atoms with E-state index in [-0.39, 0.29) is 11.7 Å². The number of alkyl halides is 1. The van der Waals surface area contributed by atoms with Gasteiger partial charge in [0.1, 0.15) is 5.75 Å². The van der Waals surface area contributed by atoms with Crippen molar-refractivity contribution in [2.75, 3.05) is 12.4 Å². The number of benzene rings is 1. The van der Waals surface area contributed by atoms with Gasteiger partial charge < -0.3 is 10.4 Å². The zero-order valence-electron chi connectivity index (χ0n) is 9.29. The van der Waals surface area contributed by atoms with Crippen LogP contribution in [0, 0.1) is 6.92 Å². The molecule has 1 rings (SSSR count). The zero-order chi connectivity index (χ0) is 12.0. The summed E-state index contributed by atoms with van der Waals surface area (Å²) in [5.74, 6) is 0.382. The second-order valence-corrected chi connectivity index (χ2v) is 4.05. The van der Waals surface area contributed by atoms with E-state index < -0.39 is 0 Å². The molecule has 0 fully saturated rings. The van der Waals surface area contributed by atoms with Crippen LogP contribution in [0.4, 0.5) is 0 Å².